The predicted octanol–water partition coefficient (Wildman–Crippen LogP) is -3.56. The van der Waals surface area contributed by atoms with Gasteiger partial charge in [0.25, 0.3) is 0 Å². The Labute approximate surface area is 215 Å². The number of methoxy groups -OCH3 is 1. The van der Waals surface area contributed by atoms with Crippen LogP contribution in [0.15, 0.2) is 12.1 Å². The standard InChI is InChI=1S/C16H26O8S2.2Na/c1-15(2,3)16(4,5)14(26(19,20)21)10-7-11(9-25-24-23-18)13(17)12(8-10)22-6;;/h7-8,14,17-18H,9H2,1-6H3,(H,19,20,21);;/q;2*+1/p-2. The predicted molar refractivity (Wildman–Crippen MR) is 93.8 cm³/mol. The minimum Gasteiger partial charge on any atom is -0.747 e. The number of benzene rings is 1. The molecule has 0 amide bonds. The summed E-state index contributed by atoms with van der Waals surface area (Å²) in [6.45, 7) is 8.95. The van der Waals surface area contributed by atoms with Crippen LogP contribution >= 0.6 is 12.0 Å². The third kappa shape index (κ3) is 7.58. The Bertz CT molecular complexity index is 733. The molecule has 0 spiro atoms. The van der Waals surface area contributed by atoms with Crippen molar-refractivity contribution >= 4 is 22.2 Å². The van der Waals surface area contributed by atoms with Crippen LogP contribution in [0.3, 0.4) is 0 Å². The van der Waals surface area contributed by atoms with Gasteiger partial charge in [-0.05, 0) is 28.5 Å². The first-order chi connectivity index (χ1) is 11.8. The molecule has 0 aliphatic carbocycles. The summed E-state index contributed by atoms with van der Waals surface area (Å²) in [7, 11) is -3.43. The molecular formula is C16H24Na2O8S2. The number of hydrogen-bond donors (Lipinski definition) is 1. The van der Waals surface area contributed by atoms with Crippen LogP contribution in [0.1, 0.15) is 51.0 Å². The van der Waals surface area contributed by atoms with Crippen LogP contribution in [0, 0.1) is 10.8 Å². The number of rotatable bonds is 8. The summed E-state index contributed by atoms with van der Waals surface area (Å²) in [5, 5.41) is 22.0. The summed E-state index contributed by atoms with van der Waals surface area (Å²) >= 11 is 0.603. The van der Waals surface area contributed by atoms with Gasteiger partial charge < -0.3 is 19.7 Å². The van der Waals surface area contributed by atoms with E-state index in [1.807, 2.05) is 20.8 Å². The number of phenols is 1. The summed E-state index contributed by atoms with van der Waals surface area (Å²) in [6.07, 6.45) is 0. The SMILES string of the molecule is COc1cc(C(C(C)(C)C(C)(C)C)S(=O)(=O)[O-])cc(CSOO[O-])c1O.[Na+].[Na+]. The Morgan fingerprint density at radius 2 is 1.71 bits per heavy atom. The zero-order valence-electron chi connectivity index (χ0n) is 17.6. The Morgan fingerprint density at radius 1 is 1.18 bits per heavy atom. The van der Waals surface area contributed by atoms with Gasteiger partial charge in [-0.1, -0.05) is 34.6 Å². The summed E-state index contributed by atoms with van der Waals surface area (Å²) in [5.41, 5.74) is -1.03. The van der Waals surface area contributed by atoms with E-state index < -0.39 is 26.2 Å². The van der Waals surface area contributed by atoms with E-state index in [4.69, 9.17) is 4.74 Å². The van der Waals surface area contributed by atoms with E-state index in [1.165, 1.54) is 19.2 Å². The van der Waals surface area contributed by atoms with E-state index in [0.717, 1.165) is 0 Å². The average Bonchev–Trinajstić information content (AvgIpc) is 2.47. The van der Waals surface area contributed by atoms with Crippen LogP contribution in [0.2, 0.25) is 0 Å². The monoisotopic (exact) mass is 454 g/mol. The minimum absolute atomic E-state index is 0. The van der Waals surface area contributed by atoms with Gasteiger partial charge in [-0.2, -0.15) is 4.33 Å². The molecule has 0 radical (unpaired) electrons. The van der Waals surface area contributed by atoms with Gasteiger partial charge in [-0.25, -0.2) is 8.42 Å². The quantitative estimate of drug-likeness (QED) is 0.106. The van der Waals surface area contributed by atoms with E-state index >= 15 is 0 Å². The molecule has 12 heteroatoms. The number of phenolic OH excluding ortho intramolecular Hbond substituents is 1. The first-order valence-corrected chi connectivity index (χ1v) is 10.1. The zero-order chi connectivity index (χ0) is 20.3. The molecule has 150 valence electrons. The molecule has 0 saturated heterocycles. The summed E-state index contributed by atoms with van der Waals surface area (Å²) < 4.78 is 45.7. The van der Waals surface area contributed by atoms with Crippen LogP contribution in [0.4, 0.5) is 0 Å². The minimum atomic E-state index is -4.74. The first-order valence-electron chi connectivity index (χ1n) is 7.70. The smallest absolute Gasteiger partial charge is 0.747 e. The molecule has 1 atom stereocenters. The maximum Gasteiger partial charge on any atom is 1.00 e. The third-order valence-corrected chi connectivity index (χ3v) is 6.89. The van der Waals surface area contributed by atoms with Crippen molar-refractivity contribution in [2.45, 2.75) is 45.6 Å². The Morgan fingerprint density at radius 3 is 2.11 bits per heavy atom. The van der Waals surface area contributed by atoms with Gasteiger partial charge in [-0.15, -0.1) is 0 Å². The fraction of sp³-hybridized carbons (Fsp3) is 0.625. The molecule has 1 N–H and O–H groups in total. The van der Waals surface area contributed by atoms with Gasteiger partial charge in [0.15, 0.2) is 11.5 Å². The second-order valence-electron chi connectivity index (χ2n) is 7.47. The van der Waals surface area contributed by atoms with Crippen molar-refractivity contribution in [3.8, 4) is 11.5 Å². The van der Waals surface area contributed by atoms with Crippen molar-refractivity contribution in [2.75, 3.05) is 7.11 Å². The summed E-state index contributed by atoms with van der Waals surface area (Å²) in [6, 6.07) is 2.73. The molecule has 8 nitrogen and oxygen atoms in total. The molecule has 0 heterocycles. The van der Waals surface area contributed by atoms with Crippen LogP contribution in [-0.2, 0) is 25.2 Å². The van der Waals surface area contributed by atoms with Gasteiger partial charge in [0.2, 0.25) is 0 Å². The normalized spacial score (nSPS) is 13.3. The van der Waals surface area contributed by atoms with E-state index in [1.54, 1.807) is 13.8 Å². The van der Waals surface area contributed by atoms with Crippen molar-refractivity contribution in [1.82, 2.24) is 0 Å². The molecule has 1 aromatic rings. The van der Waals surface area contributed by atoms with Crippen LogP contribution in [-0.4, -0.2) is 25.2 Å². The zero-order valence-corrected chi connectivity index (χ0v) is 23.2. The summed E-state index contributed by atoms with van der Waals surface area (Å²) in [4.78, 5) is 0. The maximum atomic E-state index is 12.1. The van der Waals surface area contributed by atoms with E-state index in [0.29, 0.717) is 12.0 Å². The molecule has 1 rings (SSSR count). The Balaban J connectivity index is 0. The van der Waals surface area contributed by atoms with Gasteiger partial charge in [0.05, 0.1) is 18.1 Å². The summed E-state index contributed by atoms with van der Waals surface area (Å²) in [5.74, 6) is -0.256. The molecule has 0 aliphatic heterocycles. The fourth-order valence-corrected chi connectivity index (χ4v) is 4.53. The molecule has 1 unspecified atom stereocenters. The van der Waals surface area contributed by atoms with Crippen LogP contribution in [0.25, 0.3) is 0 Å². The molecule has 0 bridgehead atoms. The molecular weight excluding hydrogens is 430 g/mol. The van der Waals surface area contributed by atoms with Gasteiger partial charge >= 0.3 is 59.1 Å². The molecule has 0 saturated carbocycles. The number of ether oxygens (including phenoxy) is 1. The third-order valence-electron chi connectivity index (χ3n) is 4.87. The van der Waals surface area contributed by atoms with E-state index in [9.17, 15) is 23.3 Å². The average molecular weight is 454 g/mol. The molecule has 1 aromatic carbocycles. The Kier molecular flexibility index (Phi) is 13.5. The van der Waals surface area contributed by atoms with E-state index in [2.05, 4.69) is 9.37 Å². The van der Waals surface area contributed by atoms with Crippen molar-refractivity contribution in [2.24, 2.45) is 10.8 Å². The van der Waals surface area contributed by atoms with E-state index in [-0.39, 0.29) is 87.5 Å². The number of aromatic hydroxyl groups is 1. The molecule has 28 heavy (non-hydrogen) atoms. The fourth-order valence-electron chi connectivity index (χ4n) is 2.55. The second-order valence-corrected chi connectivity index (χ2v) is 9.59. The van der Waals surface area contributed by atoms with Crippen molar-refractivity contribution in [1.29, 1.82) is 0 Å². The van der Waals surface area contributed by atoms with Crippen molar-refractivity contribution in [3.63, 3.8) is 0 Å². The van der Waals surface area contributed by atoms with Crippen LogP contribution < -0.4 is 69.1 Å². The Hall–Kier alpha value is 0.960. The molecule has 0 fully saturated rings. The number of hydrogen-bond acceptors (Lipinski definition) is 9. The molecule has 0 aromatic heterocycles. The van der Waals surface area contributed by atoms with Gasteiger partial charge in [0, 0.05) is 17.6 Å². The van der Waals surface area contributed by atoms with Crippen molar-refractivity contribution < 1.29 is 96.6 Å². The second kappa shape index (κ2) is 12.1. The van der Waals surface area contributed by atoms with Crippen molar-refractivity contribution in [3.05, 3.63) is 23.3 Å². The maximum absolute atomic E-state index is 12.1. The van der Waals surface area contributed by atoms with Crippen LogP contribution in [0.5, 0.6) is 11.5 Å². The molecule has 0 aliphatic rings. The topological polar surface area (TPSA) is 128 Å². The van der Waals surface area contributed by atoms with Gasteiger partial charge in [-0.3, -0.25) is 5.04 Å². The largest absolute Gasteiger partial charge is 1.00 e. The first kappa shape index (κ1) is 31.1. The van der Waals surface area contributed by atoms with Gasteiger partial charge in [0.1, 0.15) is 10.1 Å².